The highest BCUT2D eigenvalue weighted by Gasteiger charge is 2.25. The SMILES string of the molecule is CCNC(=NCC1CCN(c2ccccc2)C1)N1CCC(CC(=O)NC)CC1. The van der Waals surface area contributed by atoms with Crippen LogP contribution in [0, 0.1) is 11.8 Å². The number of nitrogens with zero attached hydrogens (tertiary/aromatic N) is 3. The van der Waals surface area contributed by atoms with Gasteiger partial charge in [-0.15, -0.1) is 0 Å². The predicted molar refractivity (Wildman–Crippen MR) is 116 cm³/mol. The monoisotopic (exact) mass is 385 g/mol. The molecule has 2 saturated heterocycles. The van der Waals surface area contributed by atoms with Gasteiger partial charge in [0.2, 0.25) is 5.91 Å². The van der Waals surface area contributed by atoms with Gasteiger partial charge in [-0.25, -0.2) is 0 Å². The molecule has 154 valence electrons. The summed E-state index contributed by atoms with van der Waals surface area (Å²) < 4.78 is 0. The number of rotatable bonds is 6. The molecule has 1 aromatic rings. The molecule has 0 radical (unpaired) electrons. The second kappa shape index (κ2) is 10.3. The van der Waals surface area contributed by atoms with Crippen LogP contribution in [0.1, 0.15) is 32.6 Å². The molecule has 1 atom stereocenters. The van der Waals surface area contributed by atoms with Crippen molar-refractivity contribution >= 4 is 17.6 Å². The van der Waals surface area contributed by atoms with Gasteiger partial charge in [-0.1, -0.05) is 18.2 Å². The zero-order chi connectivity index (χ0) is 19.8. The van der Waals surface area contributed by atoms with Crippen molar-refractivity contribution in [3.63, 3.8) is 0 Å². The topological polar surface area (TPSA) is 60.0 Å². The zero-order valence-corrected chi connectivity index (χ0v) is 17.4. The van der Waals surface area contributed by atoms with Crippen molar-refractivity contribution in [2.24, 2.45) is 16.8 Å². The van der Waals surface area contributed by atoms with Gasteiger partial charge in [0.05, 0.1) is 0 Å². The Morgan fingerprint density at radius 3 is 2.50 bits per heavy atom. The molecule has 1 aromatic carbocycles. The number of likely N-dealkylation sites (tertiary alicyclic amines) is 1. The average Bonchev–Trinajstić information content (AvgIpc) is 3.21. The highest BCUT2D eigenvalue weighted by atomic mass is 16.1. The molecule has 2 aliphatic heterocycles. The normalized spacial score (nSPS) is 21.1. The third-order valence-electron chi connectivity index (χ3n) is 5.91. The summed E-state index contributed by atoms with van der Waals surface area (Å²) in [5, 5.41) is 6.21. The van der Waals surface area contributed by atoms with Gasteiger partial charge in [0.25, 0.3) is 0 Å². The molecule has 0 spiro atoms. The molecule has 3 rings (SSSR count). The number of anilines is 1. The van der Waals surface area contributed by atoms with Crippen LogP contribution in [0.15, 0.2) is 35.3 Å². The Morgan fingerprint density at radius 2 is 1.82 bits per heavy atom. The van der Waals surface area contributed by atoms with Crippen molar-refractivity contribution < 1.29 is 4.79 Å². The molecule has 2 N–H and O–H groups in total. The van der Waals surface area contributed by atoms with Gasteiger partial charge in [0.1, 0.15) is 0 Å². The summed E-state index contributed by atoms with van der Waals surface area (Å²) >= 11 is 0. The summed E-state index contributed by atoms with van der Waals surface area (Å²) in [4.78, 5) is 21.4. The number of hydrogen-bond acceptors (Lipinski definition) is 3. The molecule has 0 bridgehead atoms. The number of aliphatic imine (C=N–C) groups is 1. The van der Waals surface area contributed by atoms with Crippen LogP contribution in [-0.2, 0) is 4.79 Å². The number of nitrogens with one attached hydrogen (secondary N) is 2. The summed E-state index contributed by atoms with van der Waals surface area (Å²) in [6.07, 6.45) is 3.97. The molecule has 2 fully saturated rings. The van der Waals surface area contributed by atoms with Gasteiger partial charge in [0, 0.05) is 58.4 Å². The number of carbonyl (C=O) groups excluding carboxylic acids is 1. The van der Waals surface area contributed by atoms with Crippen molar-refractivity contribution in [2.45, 2.75) is 32.6 Å². The third kappa shape index (κ3) is 5.63. The quantitative estimate of drug-likeness (QED) is 0.583. The van der Waals surface area contributed by atoms with Gasteiger partial charge < -0.3 is 20.4 Å². The van der Waals surface area contributed by atoms with Crippen LogP contribution < -0.4 is 15.5 Å². The van der Waals surface area contributed by atoms with Crippen LogP contribution in [-0.4, -0.2) is 63.1 Å². The van der Waals surface area contributed by atoms with Crippen LogP contribution in [0.3, 0.4) is 0 Å². The van der Waals surface area contributed by atoms with Crippen molar-refractivity contribution in [2.75, 3.05) is 51.2 Å². The number of para-hydroxylation sites is 1. The van der Waals surface area contributed by atoms with Crippen molar-refractivity contribution in [1.82, 2.24) is 15.5 Å². The Morgan fingerprint density at radius 1 is 1.11 bits per heavy atom. The number of carbonyl (C=O) groups is 1. The fourth-order valence-corrected chi connectivity index (χ4v) is 4.21. The molecule has 0 aromatic heterocycles. The second-order valence-corrected chi connectivity index (χ2v) is 7.94. The second-order valence-electron chi connectivity index (χ2n) is 7.94. The molecular weight excluding hydrogens is 350 g/mol. The highest BCUT2D eigenvalue weighted by molar-refractivity contribution is 5.80. The fraction of sp³-hybridized carbons (Fsp3) is 0.636. The lowest BCUT2D eigenvalue weighted by Crippen LogP contribution is -2.46. The van der Waals surface area contributed by atoms with Crippen LogP contribution in [0.2, 0.25) is 0 Å². The summed E-state index contributed by atoms with van der Waals surface area (Å²) in [5.74, 6) is 2.30. The molecule has 6 nitrogen and oxygen atoms in total. The smallest absolute Gasteiger partial charge is 0.220 e. The first-order valence-corrected chi connectivity index (χ1v) is 10.7. The summed E-state index contributed by atoms with van der Waals surface area (Å²) in [6.45, 7) is 8.05. The molecule has 2 heterocycles. The largest absolute Gasteiger partial charge is 0.371 e. The lowest BCUT2D eigenvalue weighted by atomic mass is 9.93. The standard InChI is InChI=1S/C22H35N5O/c1-3-24-22(26-12-9-18(10-13-26)15-21(28)23-2)25-16-19-11-14-27(17-19)20-7-5-4-6-8-20/h4-8,18-19H,3,9-17H2,1-2H3,(H,23,28)(H,24,25). The number of guanidine groups is 1. The molecule has 6 heteroatoms. The highest BCUT2D eigenvalue weighted by Crippen LogP contribution is 2.24. The van der Waals surface area contributed by atoms with E-state index in [1.54, 1.807) is 7.05 Å². The molecule has 0 aliphatic carbocycles. The Kier molecular flexibility index (Phi) is 7.57. The first-order chi connectivity index (χ1) is 13.7. The molecule has 2 aliphatic rings. The Labute approximate surface area is 169 Å². The predicted octanol–water partition coefficient (Wildman–Crippen LogP) is 2.33. The maximum atomic E-state index is 11.6. The maximum absolute atomic E-state index is 11.6. The molecule has 1 unspecified atom stereocenters. The van der Waals surface area contributed by atoms with E-state index in [4.69, 9.17) is 4.99 Å². The molecule has 28 heavy (non-hydrogen) atoms. The van der Waals surface area contributed by atoms with Gasteiger partial charge >= 0.3 is 0 Å². The minimum atomic E-state index is 0.156. The van der Waals surface area contributed by atoms with Crippen LogP contribution in [0.5, 0.6) is 0 Å². The van der Waals surface area contributed by atoms with Gasteiger partial charge in [0.15, 0.2) is 5.96 Å². The van der Waals surface area contributed by atoms with Gasteiger partial charge in [-0.05, 0) is 50.2 Å². The van der Waals surface area contributed by atoms with Gasteiger partial charge in [-0.3, -0.25) is 9.79 Å². The van der Waals surface area contributed by atoms with Crippen LogP contribution >= 0.6 is 0 Å². The zero-order valence-electron chi connectivity index (χ0n) is 17.4. The number of hydrogen-bond donors (Lipinski definition) is 2. The van der Waals surface area contributed by atoms with E-state index in [1.165, 1.54) is 12.1 Å². The number of benzene rings is 1. The van der Waals surface area contributed by atoms with E-state index in [-0.39, 0.29) is 5.91 Å². The molecule has 0 saturated carbocycles. The van der Waals surface area contributed by atoms with Crippen LogP contribution in [0.25, 0.3) is 0 Å². The van der Waals surface area contributed by atoms with Crippen molar-refractivity contribution in [3.8, 4) is 0 Å². The van der Waals surface area contributed by atoms with Gasteiger partial charge in [-0.2, -0.15) is 0 Å². The molecule has 1 amide bonds. The van der Waals surface area contributed by atoms with E-state index in [9.17, 15) is 4.79 Å². The van der Waals surface area contributed by atoms with Crippen LogP contribution in [0.4, 0.5) is 5.69 Å². The third-order valence-corrected chi connectivity index (χ3v) is 5.91. The Hall–Kier alpha value is -2.24. The minimum Gasteiger partial charge on any atom is -0.371 e. The summed E-state index contributed by atoms with van der Waals surface area (Å²) in [6, 6.07) is 10.7. The van der Waals surface area contributed by atoms with Crippen molar-refractivity contribution in [3.05, 3.63) is 30.3 Å². The lowest BCUT2D eigenvalue weighted by molar-refractivity contribution is -0.121. The van der Waals surface area contributed by atoms with E-state index in [1.807, 2.05) is 0 Å². The Balaban J connectivity index is 1.50. The number of amides is 1. The summed E-state index contributed by atoms with van der Waals surface area (Å²) in [5.41, 5.74) is 1.32. The minimum absolute atomic E-state index is 0.156. The van der Waals surface area contributed by atoms with E-state index < -0.39 is 0 Å². The molecular formula is C22H35N5O. The van der Waals surface area contributed by atoms with E-state index in [0.717, 1.165) is 58.1 Å². The summed E-state index contributed by atoms with van der Waals surface area (Å²) in [7, 11) is 1.72. The van der Waals surface area contributed by atoms with E-state index in [2.05, 4.69) is 57.7 Å². The number of piperidine rings is 1. The maximum Gasteiger partial charge on any atom is 0.220 e. The van der Waals surface area contributed by atoms with Crippen molar-refractivity contribution in [1.29, 1.82) is 0 Å². The average molecular weight is 386 g/mol. The Bertz CT molecular complexity index is 640. The first kappa shape index (κ1) is 20.5. The van der Waals surface area contributed by atoms with E-state index in [0.29, 0.717) is 18.3 Å². The van der Waals surface area contributed by atoms with E-state index >= 15 is 0 Å². The first-order valence-electron chi connectivity index (χ1n) is 10.7. The lowest BCUT2D eigenvalue weighted by Gasteiger charge is -2.34. The fourth-order valence-electron chi connectivity index (χ4n) is 4.21.